The van der Waals surface area contributed by atoms with Gasteiger partial charge in [0, 0.05) is 56.5 Å². The van der Waals surface area contributed by atoms with Crippen LogP contribution in [0.1, 0.15) is 44.1 Å². The number of carbonyl (C=O) groups is 2. The minimum atomic E-state index is -0.378. The van der Waals surface area contributed by atoms with Crippen molar-refractivity contribution in [2.75, 3.05) is 31.1 Å². The average Bonchev–Trinajstić information content (AvgIpc) is 3.14. The Morgan fingerprint density at radius 3 is 2.86 bits per heavy atom. The first-order valence-corrected chi connectivity index (χ1v) is 10.6. The standard InChI is InChI=1S/C21H28N4O4/c26-20-6-3-10-23(20)11-4-9-22-21(27)17-14-15-13-16(25(28)29)7-8-18(15)24-12-2-1-5-19(17)24/h7-8,13,17,19H,1-6,9-12,14H2,(H,22,27)/t17-,19+/m1/s1. The highest BCUT2D eigenvalue weighted by Crippen LogP contribution is 2.39. The fraction of sp³-hybridized carbons (Fsp3) is 0.619. The molecule has 3 aliphatic rings. The van der Waals surface area contributed by atoms with Gasteiger partial charge in [-0.2, -0.15) is 0 Å². The van der Waals surface area contributed by atoms with Gasteiger partial charge < -0.3 is 15.1 Å². The summed E-state index contributed by atoms with van der Waals surface area (Å²) >= 11 is 0. The minimum absolute atomic E-state index is 0.0202. The second-order valence-electron chi connectivity index (χ2n) is 8.27. The highest BCUT2D eigenvalue weighted by molar-refractivity contribution is 5.82. The van der Waals surface area contributed by atoms with Crippen LogP contribution in [0.2, 0.25) is 0 Å². The fourth-order valence-electron chi connectivity index (χ4n) is 5.00. The van der Waals surface area contributed by atoms with E-state index in [9.17, 15) is 19.7 Å². The lowest BCUT2D eigenvalue weighted by molar-refractivity contribution is -0.384. The highest BCUT2D eigenvalue weighted by Gasteiger charge is 2.39. The Labute approximate surface area is 170 Å². The summed E-state index contributed by atoms with van der Waals surface area (Å²) in [5.41, 5.74) is 2.01. The smallest absolute Gasteiger partial charge is 0.269 e. The molecule has 2 saturated heterocycles. The maximum atomic E-state index is 13.0. The largest absolute Gasteiger partial charge is 0.368 e. The molecule has 4 rings (SSSR count). The predicted molar refractivity (Wildman–Crippen MR) is 109 cm³/mol. The molecule has 0 unspecified atom stereocenters. The number of nitro benzene ring substituents is 1. The number of likely N-dealkylation sites (tertiary alicyclic amines) is 1. The first-order chi connectivity index (χ1) is 14.0. The number of hydrogen-bond acceptors (Lipinski definition) is 5. The number of benzene rings is 1. The molecule has 0 bridgehead atoms. The van der Waals surface area contributed by atoms with E-state index < -0.39 is 0 Å². The van der Waals surface area contributed by atoms with Crippen LogP contribution in [0.5, 0.6) is 0 Å². The summed E-state index contributed by atoms with van der Waals surface area (Å²) in [6, 6.07) is 5.18. The van der Waals surface area contributed by atoms with Crippen molar-refractivity contribution < 1.29 is 14.5 Å². The van der Waals surface area contributed by atoms with Crippen LogP contribution in [0.25, 0.3) is 0 Å². The van der Waals surface area contributed by atoms with Crippen LogP contribution < -0.4 is 10.2 Å². The lowest BCUT2D eigenvalue weighted by atomic mass is 9.80. The Balaban J connectivity index is 1.42. The topological polar surface area (TPSA) is 95.8 Å². The number of carbonyl (C=O) groups excluding carboxylic acids is 2. The Morgan fingerprint density at radius 2 is 2.10 bits per heavy atom. The zero-order valence-electron chi connectivity index (χ0n) is 16.6. The van der Waals surface area contributed by atoms with Gasteiger partial charge in [0.25, 0.3) is 5.69 Å². The number of amides is 2. The van der Waals surface area contributed by atoms with Crippen LogP contribution in [0.3, 0.4) is 0 Å². The van der Waals surface area contributed by atoms with E-state index in [1.807, 2.05) is 11.0 Å². The number of fused-ring (bicyclic) bond motifs is 3. The summed E-state index contributed by atoms with van der Waals surface area (Å²) in [7, 11) is 0. The summed E-state index contributed by atoms with van der Waals surface area (Å²) in [4.78, 5) is 39.6. The van der Waals surface area contributed by atoms with Crippen molar-refractivity contribution in [2.45, 2.75) is 51.0 Å². The van der Waals surface area contributed by atoms with Crippen molar-refractivity contribution in [2.24, 2.45) is 5.92 Å². The molecular formula is C21H28N4O4. The van der Waals surface area contributed by atoms with E-state index in [0.717, 1.165) is 56.4 Å². The molecule has 0 spiro atoms. The Bertz CT molecular complexity index is 812. The number of non-ortho nitro benzene ring substituents is 1. The third-order valence-electron chi connectivity index (χ3n) is 6.45. The van der Waals surface area contributed by atoms with Crippen molar-refractivity contribution in [1.29, 1.82) is 0 Å². The van der Waals surface area contributed by atoms with Crippen LogP contribution in [0, 0.1) is 16.0 Å². The number of rotatable bonds is 6. The van der Waals surface area contributed by atoms with E-state index in [-0.39, 0.29) is 34.4 Å². The second kappa shape index (κ2) is 8.39. The molecule has 156 valence electrons. The third kappa shape index (κ3) is 4.06. The van der Waals surface area contributed by atoms with Crippen LogP contribution in [-0.4, -0.2) is 53.9 Å². The van der Waals surface area contributed by atoms with Crippen molar-refractivity contribution in [3.8, 4) is 0 Å². The van der Waals surface area contributed by atoms with E-state index >= 15 is 0 Å². The molecule has 0 aromatic heterocycles. The monoisotopic (exact) mass is 400 g/mol. The molecule has 3 heterocycles. The number of piperidine rings is 1. The van der Waals surface area contributed by atoms with Crippen molar-refractivity contribution in [3.63, 3.8) is 0 Å². The molecule has 0 saturated carbocycles. The summed E-state index contributed by atoms with van der Waals surface area (Å²) in [6.45, 7) is 2.94. The zero-order chi connectivity index (χ0) is 20.4. The summed E-state index contributed by atoms with van der Waals surface area (Å²) in [5.74, 6) is 0.0321. The van der Waals surface area contributed by atoms with Crippen LogP contribution in [-0.2, 0) is 16.0 Å². The molecular weight excluding hydrogens is 372 g/mol. The maximum absolute atomic E-state index is 13.0. The van der Waals surface area contributed by atoms with Gasteiger partial charge in [0.05, 0.1) is 10.8 Å². The van der Waals surface area contributed by atoms with Crippen LogP contribution in [0.4, 0.5) is 11.4 Å². The third-order valence-corrected chi connectivity index (χ3v) is 6.45. The quantitative estimate of drug-likeness (QED) is 0.449. The van der Waals surface area contributed by atoms with Gasteiger partial charge in [-0.15, -0.1) is 0 Å². The highest BCUT2D eigenvalue weighted by atomic mass is 16.6. The van der Waals surface area contributed by atoms with Crippen LogP contribution in [0.15, 0.2) is 18.2 Å². The first kappa shape index (κ1) is 19.7. The van der Waals surface area contributed by atoms with Gasteiger partial charge in [0.1, 0.15) is 0 Å². The van der Waals surface area contributed by atoms with Crippen molar-refractivity contribution in [1.82, 2.24) is 10.2 Å². The SMILES string of the molecule is O=C(NCCCN1CCCC1=O)[C@@H]1Cc2cc([N+](=O)[O-])ccc2N2CCCC[C@@H]12. The zero-order valence-corrected chi connectivity index (χ0v) is 16.6. The Morgan fingerprint density at radius 1 is 1.24 bits per heavy atom. The van der Waals surface area contributed by atoms with Crippen LogP contribution >= 0.6 is 0 Å². The molecule has 1 N–H and O–H groups in total. The molecule has 2 amide bonds. The summed E-state index contributed by atoms with van der Waals surface area (Å²) in [5, 5.41) is 14.2. The molecule has 2 fully saturated rings. The van der Waals surface area contributed by atoms with E-state index in [1.54, 1.807) is 12.1 Å². The summed E-state index contributed by atoms with van der Waals surface area (Å²) in [6.07, 6.45) is 6.00. The van der Waals surface area contributed by atoms with Gasteiger partial charge in [-0.25, -0.2) is 0 Å². The Kier molecular flexibility index (Phi) is 5.69. The second-order valence-corrected chi connectivity index (χ2v) is 8.27. The average molecular weight is 400 g/mol. The number of nitrogens with one attached hydrogen (secondary N) is 1. The van der Waals surface area contributed by atoms with Gasteiger partial charge in [-0.3, -0.25) is 19.7 Å². The molecule has 1 aromatic rings. The van der Waals surface area contributed by atoms with Crippen molar-refractivity contribution in [3.05, 3.63) is 33.9 Å². The summed E-state index contributed by atoms with van der Waals surface area (Å²) < 4.78 is 0. The lowest BCUT2D eigenvalue weighted by Crippen LogP contribution is -2.53. The first-order valence-electron chi connectivity index (χ1n) is 10.6. The molecule has 1 aromatic carbocycles. The molecule has 0 aliphatic carbocycles. The van der Waals surface area contributed by atoms with Gasteiger partial charge in [-0.05, 0) is 50.2 Å². The normalized spacial score (nSPS) is 23.5. The molecule has 3 aliphatic heterocycles. The minimum Gasteiger partial charge on any atom is -0.368 e. The van der Waals surface area contributed by atoms with Gasteiger partial charge in [0.2, 0.25) is 11.8 Å². The molecule has 8 nitrogen and oxygen atoms in total. The number of hydrogen-bond donors (Lipinski definition) is 1. The predicted octanol–water partition coefficient (Wildman–Crippen LogP) is 2.25. The number of anilines is 1. The molecule has 8 heteroatoms. The van der Waals surface area contributed by atoms with Gasteiger partial charge in [0.15, 0.2) is 0 Å². The molecule has 2 atom stereocenters. The number of nitrogens with zero attached hydrogens (tertiary/aromatic N) is 3. The van der Waals surface area contributed by atoms with Crippen molar-refractivity contribution >= 4 is 23.2 Å². The van der Waals surface area contributed by atoms with Gasteiger partial charge >= 0.3 is 0 Å². The van der Waals surface area contributed by atoms with E-state index in [2.05, 4.69) is 10.2 Å². The number of nitro groups is 1. The molecule has 29 heavy (non-hydrogen) atoms. The van der Waals surface area contributed by atoms with E-state index in [1.165, 1.54) is 0 Å². The van der Waals surface area contributed by atoms with Gasteiger partial charge in [-0.1, -0.05) is 0 Å². The fourth-order valence-corrected chi connectivity index (χ4v) is 5.00. The van der Waals surface area contributed by atoms with E-state index in [0.29, 0.717) is 25.9 Å². The lowest BCUT2D eigenvalue weighted by Gasteiger charge is -2.45. The van der Waals surface area contributed by atoms with E-state index in [4.69, 9.17) is 0 Å². The maximum Gasteiger partial charge on any atom is 0.269 e. The molecule has 0 radical (unpaired) electrons. The Hall–Kier alpha value is -2.64.